The average Bonchev–Trinajstić information content (AvgIpc) is 2.63. The van der Waals surface area contributed by atoms with Gasteiger partial charge in [-0.25, -0.2) is 5.43 Å². The smallest absolute Gasteiger partial charge is 0.280 e. The predicted octanol–water partition coefficient (Wildman–Crippen LogP) is 3.27. The molecule has 0 aliphatic heterocycles. The number of hydrogen-bond acceptors (Lipinski definition) is 5. The van der Waals surface area contributed by atoms with Crippen LogP contribution in [0.4, 0.5) is 0 Å². The van der Waals surface area contributed by atoms with E-state index in [1.54, 1.807) is 56.5 Å². The Balaban J connectivity index is 1.97. The maximum absolute atomic E-state index is 12.1. The van der Waals surface area contributed by atoms with Crippen molar-refractivity contribution in [2.24, 2.45) is 5.10 Å². The molecule has 1 N–H and O–H groups in total. The Hall–Kier alpha value is -2.73. The largest absolute Gasteiger partial charge is 0.493 e. The van der Waals surface area contributed by atoms with Gasteiger partial charge in [0.15, 0.2) is 17.6 Å². The zero-order valence-electron chi connectivity index (χ0n) is 14.2. The zero-order chi connectivity index (χ0) is 18.2. The SMILES string of the molecule is COc1cccc(/C=N/NC(=O)C(C)Oc2ccc(Cl)cc2)c1OC. The van der Waals surface area contributed by atoms with Crippen molar-refractivity contribution in [2.45, 2.75) is 13.0 Å². The van der Waals surface area contributed by atoms with Gasteiger partial charge >= 0.3 is 0 Å². The number of para-hydroxylation sites is 1. The van der Waals surface area contributed by atoms with Crippen LogP contribution in [0.5, 0.6) is 17.2 Å². The number of halogens is 1. The monoisotopic (exact) mass is 362 g/mol. The maximum Gasteiger partial charge on any atom is 0.280 e. The molecule has 2 rings (SSSR count). The van der Waals surface area contributed by atoms with Crippen LogP contribution in [0.15, 0.2) is 47.6 Å². The number of nitrogens with zero attached hydrogens (tertiary/aromatic N) is 1. The van der Waals surface area contributed by atoms with E-state index in [0.717, 1.165) is 0 Å². The normalized spacial score (nSPS) is 11.8. The molecule has 0 aliphatic rings. The highest BCUT2D eigenvalue weighted by molar-refractivity contribution is 6.30. The minimum atomic E-state index is -0.717. The van der Waals surface area contributed by atoms with Gasteiger partial charge in [-0.05, 0) is 43.3 Å². The molecule has 1 amide bonds. The number of hydrazone groups is 1. The molecule has 0 heterocycles. The van der Waals surface area contributed by atoms with Crippen molar-refractivity contribution in [2.75, 3.05) is 14.2 Å². The van der Waals surface area contributed by atoms with Gasteiger partial charge in [-0.15, -0.1) is 0 Å². The van der Waals surface area contributed by atoms with E-state index in [1.807, 2.05) is 0 Å². The van der Waals surface area contributed by atoms with Crippen LogP contribution in [-0.4, -0.2) is 32.4 Å². The molecular formula is C18H19ClN2O4. The molecule has 0 saturated carbocycles. The van der Waals surface area contributed by atoms with Gasteiger partial charge < -0.3 is 14.2 Å². The van der Waals surface area contributed by atoms with Crippen LogP contribution in [0.1, 0.15) is 12.5 Å². The molecule has 0 bridgehead atoms. The Labute approximate surface area is 151 Å². The first-order chi connectivity index (χ1) is 12.0. The number of rotatable bonds is 7. The van der Waals surface area contributed by atoms with Gasteiger partial charge in [0, 0.05) is 10.6 Å². The van der Waals surface area contributed by atoms with Gasteiger partial charge in [0.1, 0.15) is 5.75 Å². The summed E-state index contributed by atoms with van der Waals surface area (Å²) in [5.74, 6) is 1.28. The van der Waals surface area contributed by atoms with Crippen LogP contribution in [0.3, 0.4) is 0 Å². The quantitative estimate of drug-likeness (QED) is 0.606. The first kappa shape index (κ1) is 18.6. The van der Waals surface area contributed by atoms with Crippen LogP contribution in [-0.2, 0) is 4.79 Å². The lowest BCUT2D eigenvalue weighted by Gasteiger charge is -2.13. The lowest BCUT2D eigenvalue weighted by molar-refractivity contribution is -0.127. The highest BCUT2D eigenvalue weighted by atomic mass is 35.5. The number of benzene rings is 2. The summed E-state index contributed by atoms with van der Waals surface area (Å²) in [6, 6.07) is 12.1. The van der Waals surface area contributed by atoms with Crippen LogP contribution in [0.25, 0.3) is 0 Å². The van der Waals surface area contributed by atoms with E-state index in [9.17, 15) is 4.79 Å². The summed E-state index contributed by atoms with van der Waals surface area (Å²) in [6.07, 6.45) is 0.763. The summed E-state index contributed by atoms with van der Waals surface area (Å²) >= 11 is 5.81. The van der Waals surface area contributed by atoms with Crippen molar-refractivity contribution < 1.29 is 19.0 Å². The van der Waals surface area contributed by atoms with Gasteiger partial charge in [-0.1, -0.05) is 17.7 Å². The first-order valence-electron chi connectivity index (χ1n) is 7.51. The number of carbonyl (C=O) groups is 1. The molecule has 0 fully saturated rings. The maximum atomic E-state index is 12.1. The van der Waals surface area contributed by atoms with Gasteiger partial charge in [0.25, 0.3) is 5.91 Å². The fraction of sp³-hybridized carbons (Fsp3) is 0.222. The average molecular weight is 363 g/mol. The molecular weight excluding hydrogens is 344 g/mol. The van der Waals surface area contributed by atoms with Gasteiger partial charge in [-0.2, -0.15) is 5.10 Å². The number of hydrogen-bond donors (Lipinski definition) is 1. The number of methoxy groups -OCH3 is 2. The van der Waals surface area contributed by atoms with E-state index in [1.165, 1.54) is 13.3 Å². The third kappa shape index (κ3) is 5.12. The third-order valence-electron chi connectivity index (χ3n) is 3.31. The molecule has 0 saturated heterocycles. The van der Waals surface area contributed by atoms with Crippen molar-refractivity contribution in [1.82, 2.24) is 5.43 Å². The Morgan fingerprint density at radius 3 is 2.52 bits per heavy atom. The van der Waals surface area contributed by atoms with Crippen molar-refractivity contribution in [3.63, 3.8) is 0 Å². The second-order valence-electron chi connectivity index (χ2n) is 5.03. The molecule has 1 unspecified atom stereocenters. The molecule has 2 aromatic rings. The van der Waals surface area contributed by atoms with E-state index in [-0.39, 0.29) is 5.91 Å². The molecule has 1 atom stereocenters. The number of carbonyl (C=O) groups excluding carboxylic acids is 1. The Morgan fingerprint density at radius 2 is 1.88 bits per heavy atom. The predicted molar refractivity (Wildman–Crippen MR) is 96.8 cm³/mol. The Kier molecular flexibility index (Phi) is 6.65. The molecule has 25 heavy (non-hydrogen) atoms. The molecule has 6 nitrogen and oxygen atoms in total. The number of amides is 1. The topological polar surface area (TPSA) is 69.2 Å². The first-order valence-corrected chi connectivity index (χ1v) is 7.89. The highest BCUT2D eigenvalue weighted by Crippen LogP contribution is 2.29. The molecule has 0 aromatic heterocycles. The highest BCUT2D eigenvalue weighted by Gasteiger charge is 2.14. The van der Waals surface area contributed by atoms with E-state index in [4.69, 9.17) is 25.8 Å². The van der Waals surface area contributed by atoms with Crippen LogP contribution >= 0.6 is 11.6 Å². The summed E-state index contributed by atoms with van der Waals surface area (Å²) in [5.41, 5.74) is 3.11. The molecule has 0 aliphatic carbocycles. The molecule has 0 spiro atoms. The summed E-state index contributed by atoms with van der Waals surface area (Å²) in [4.78, 5) is 12.1. The van der Waals surface area contributed by atoms with E-state index >= 15 is 0 Å². The third-order valence-corrected chi connectivity index (χ3v) is 3.56. The standard InChI is InChI=1S/C18H19ClN2O4/c1-12(25-15-9-7-14(19)8-10-15)18(22)21-20-11-13-5-4-6-16(23-2)17(13)24-3/h4-12H,1-3H3,(H,21,22)/b20-11+. The van der Waals surface area contributed by atoms with Gasteiger partial charge in [-0.3, -0.25) is 4.79 Å². The molecule has 7 heteroatoms. The van der Waals surface area contributed by atoms with Crippen molar-refractivity contribution in [3.8, 4) is 17.2 Å². The van der Waals surface area contributed by atoms with Gasteiger partial charge in [0.2, 0.25) is 0 Å². The minimum absolute atomic E-state index is 0.381. The van der Waals surface area contributed by atoms with Crippen molar-refractivity contribution >= 4 is 23.7 Å². The zero-order valence-corrected chi connectivity index (χ0v) is 14.9. The van der Waals surface area contributed by atoms with E-state index < -0.39 is 6.10 Å². The van der Waals surface area contributed by atoms with E-state index in [0.29, 0.717) is 27.8 Å². The Morgan fingerprint density at radius 1 is 1.16 bits per heavy atom. The number of ether oxygens (including phenoxy) is 3. The lowest BCUT2D eigenvalue weighted by Crippen LogP contribution is -2.33. The fourth-order valence-electron chi connectivity index (χ4n) is 2.04. The minimum Gasteiger partial charge on any atom is -0.493 e. The summed E-state index contributed by atoms with van der Waals surface area (Å²) in [5, 5.41) is 4.54. The lowest BCUT2D eigenvalue weighted by atomic mass is 10.2. The fourth-order valence-corrected chi connectivity index (χ4v) is 2.17. The molecule has 0 radical (unpaired) electrons. The van der Waals surface area contributed by atoms with Crippen LogP contribution in [0, 0.1) is 0 Å². The number of nitrogens with one attached hydrogen (secondary N) is 1. The Bertz CT molecular complexity index is 747. The second kappa shape index (κ2) is 8.94. The van der Waals surface area contributed by atoms with E-state index in [2.05, 4.69) is 10.5 Å². The van der Waals surface area contributed by atoms with Crippen molar-refractivity contribution in [1.29, 1.82) is 0 Å². The van der Waals surface area contributed by atoms with Crippen LogP contribution < -0.4 is 19.6 Å². The van der Waals surface area contributed by atoms with Crippen LogP contribution in [0.2, 0.25) is 5.02 Å². The molecule has 132 valence electrons. The second-order valence-corrected chi connectivity index (χ2v) is 5.47. The summed E-state index contributed by atoms with van der Waals surface area (Å²) < 4.78 is 16.0. The summed E-state index contributed by atoms with van der Waals surface area (Å²) in [7, 11) is 3.09. The molecule has 2 aromatic carbocycles. The van der Waals surface area contributed by atoms with Gasteiger partial charge in [0.05, 0.1) is 20.4 Å². The van der Waals surface area contributed by atoms with Crippen molar-refractivity contribution in [3.05, 3.63) is 53.1 Å². The summed E-state index contributed by atoms with van der Waals surface area (Å²) in [6.45, 7) is 1.63.